The zero-order valence-corrected chi connectivity index (χ0v) is 13.2. The zero-order valence-electron chi connectivity index (χ0n) is 12.4. The summed E-state index contributed by atoms with van der Waals surface area (Å²) < 4.78 is 0. The van der Waals surface area contributed by atoms with Gasteiger partial charge in [0, 0.05) is 24.9 Å². The van der Waals surface area contributed by atoms with E-state index in [-0.39, 0.29) is 0 Å². The van der Waals surface area contributed by atoms with Gasteiger partial charge < -0.3 is 10.2 Å². The van der Waals surface area contributed by atoms with Crippen LogP contribution in [0.5, 0.6) is 0 Å². The lowest BCUT2D eigenvalue weighted by atomic mass is 9.84. The Labute approximate surface area is 117 Å². The van der Waals surface area contributed by atoms with E-state index in [0.29, 0.717) is 5.41 Å². The van der Waals surface area contributed by atoms with E-state index >= 15 is 0 Å². The molecule has 1 N–H and O–H groups in total. The molecule has 0 aromatic rings. The molecule has 1 aliphatic carbocycles. The third-order valence-corrected chi connectivity index (χ3v) is 5.75. The standard InChI is InChI=1S/C15H30N2S/c1-4-16-14-13(6-7-15(14,2)3)12-17-8-5-10-18-11-9-17/h13-14,16H,4-12H2,1-3H3. The minimum absolute atomic E-state index is 0.487. The minimum Gasteiger partial charge on any atom is -0.313 e. The van der Waals surface area contributed by atoms with Crippen LogP contribution in [-0.4, -0.2) is 48.6 Å². The quantitative estimate of drug-likeness (QED) is 0.846. The van der Waals surface area contributed by atoms with Gasteiger partial charge in [-0.05, 0) is 49.4 Å². The van der Waals surface area contributed by atoms with Crippen LogP contribution in [0, 0.1) is 11.3 Å². The van der Waals surface area contributed by atoms with Gasteiger partial charge in [0.2, 0.25) is 0 Å². The van der Waals surface area contributed by atoms with Gasteiger partial charge in [0.25, 0.3) is 0 Å². The van der Waals surface area contributed by atoms with E-state index < -0.39 is 0 Å². The van der Waals surface area contributed by atoms with Crippen LogP contribution in [0.2, 0.25) is 0 Å². The Morgan fingerprint density at radius 1 is 1.28 bits per heavy atom. The van der Waals surface area contributed by atoms with Gasteiger partial charge in [-0.2, -0.15) is 11.8 Å². The Morgan fingerprint density at radius 3 is 2.89 bits per heavy atom. The van der Waals surface area contributed by atoms with E-state index in [2.05, 4.69) is 42.7 Å². The maximum Gasteiger partial charge on any atom is 0.0159 e. The van der Waals surface area contributed by atoms with Crippen molar-refractivity contribution in [3.63, 3.8) is 0 Å². The van der Waals surface area contributed by atoms with E-state index in [9.17, 15) is 0 Å². The normalized spacial score (nSPS) is 33.5. The maximum absolute atomic E-state index is 3.76. The molecular formula is C15H30N2S. The molecule has 106 valence electrons. The molecule has 0 radical (unpaired) electrons. The predicted octanol–water partition coefficient (Wildman–Crippen LogP) is 2.84. The highest BCUT2D eigenvalue weighted by Crippen LogP contribution is 2.41. The number of nitrogens with one attached hydrogen (secondary N) is 1. The largest absolute Gasteiger partial charge is 0.313 e. The second kappa shape index (κ2) is 6.62. The average molecular weight is 270 g/mol. The Hall–Kier alpha value is 0.270. The summed E-state index contributed by atoms with van der Waals surface area (Å²) in [6.07, 6.45) is 4.18. The number of hydrogen-bond donors (Lipinski definition) is 1. The van der Waals surface area contributed by atoms with Crippen molar-refractivity contribution in [2.45, 2.75) is 46.1 Å². The van der Waals surface area contributed by atoms with Crippen LogP contribution in [-0.2, 0) is 0 Å². The van der Waals surface area contributed by atoms with Crippen LogP contribution in [0.4, 0.5) is 0 Å². The molecule has 2 nitrogen and oxygen atoms in total. The number of rotatable bonds is 4. The molecule has 0 spiro atoms. The third kappa shape index (κ3) is 3.64. The fraction of sp³-hybridized carbons (Fsp3) is 1.00. The molecule has 1 aliphatic heterocycles. The molecule has 0 bridgehead atoms. The van der Waals surface area contributed by atoms with Crippen LogP contribution in [0.3, 0.4) is 0 Å². The molecule has 1 saturated heterocycles. The molecule has 2 aliphatic rings. The number of thioether (sulfide) groups is 1. The maximum atomic E-state index is 3.76. The molecule has 1 heterocycles. The monoisotopic (exact) mass is 270 g/mol. The molecule has 1 saturated carbocycles. The van der Waals surface area contributed by atoms with E-state index in [1.807, 2.05) is 0 Å². The average Bonchev–Trinajstić information content (AvgIpc) is 2.56. The van der Waals surface area contributed by atoms with Crippen molar-refractivity contribution in [3.05, 3.63) is 0 Å². The van der Waals surface area contributed by atoms with Crippen molar-refractivity contribution in [3.8, 4) is 0 Å². The smallest absolute Gasteiger partial charge is 0.0159 e. The molecular weight excluding hydrogens is 240 g/mol. The zero-order chi connectivity index (χ0) is 13.0. The Balaban J connectivity index is 1.90. The van der Waals surface area contributed by atoms with Crippen molar-refractivity contribution < 1.29 is 0 Å². The van der Waals surface area contributed by atoms with Gasteiger partial charge in [-0.1, -0.05) is 20.8 Å². The highest BCUT2D eigenvalue weighted by atomic mass is 32.2. The SMILES string of the molecule is CCNC1C(CN2CCCSCC2)CCC1(C)C. The van der Waals surface area contributed by atoms with Crippen LogP contribution in [0.15, 0.2) is 0 Å². The first kappa shape index (κ1) is 14.7. The van der Waals surface area contributed by atoms with E-state index in [0.717, 1.165) is 18.5 Å². The van der Waals surface area contributed by atoms with Gasteiger partial charge in [-0.15, -0.1) is 0 Å². The third-order valence-electron chi connectivity index (χ3n) is 4.70. The minimum atomic E-state index is 0.487. The summed E-state index contributed by atoms with van der Waals surface area (Å²) in [7, 11) is 0. The summed E-state index contributed by atoms with van der Waals surface area (Å²) in [5.74, 6) is 3.56. The second-order valence-corrected chi connectivity index (χ2v) is 7.81. The summed E-state index contributed by atoms with van der Waals surface area (Å²) in [6.45, 7) is 12.2. The van der Waals surface area contributed by atoms with Gasteiger partial charge in [0.05, 0.1) is 0 Å². The Bertz CT molecular complexity index is 247. The van der Waals surface area contributed by atoms with Gasteiger partial charge in [-0.25, -0.2) is 0 Å². The summed E-state index contributed by atoms with van der Waals surface area (Å²) in [4.78, 5) is 2.72. The molecule has 2 rings (SSSR count). The van der Waals surface area contributed by atoms with E-state index in [1.165, 1.54) is 50.4 Å². The summed E-state index contributed by atoms with van der Waals surface area (Å²) >= 11 is 2.13. The highest BCUT2D eigenvalue weighted by Gasteiger charge is 2.41. The molecule has 3 heteroatoms. The van der Waals surface area contributed by atoms with Crippen molar-refractivity contribution in [1.82, 2.24) is 10.2 Å². The molecule has 2 atom stereocenters. The lowest BCUT2D eigenvalue weighted by Crippen LogP contribution is -2.46. The molecule has 0 amide bonds. The van der Waals surface area contributed by atoms with E-state index in [4.69, 9.17) is 0 Å². The summed E-state index contributed by atoms with van der Waals surface area (Å²) in [5.41, 5.74) is 0.487. The lowest BCUT2D eigenvalue weighted by molar-refractivity contribution is 0.192. The van der Waals surface area contributed by atoms with Crippen molar-refractivity contribution >= 4 is 11.8 Å². The van der Waals surface area contributed by atoms with Crippen LogP contribution >= 0.6 is 11.8 Å². The van der Waals surface area contributed by atoms with Gasteiger partial charge in [0.15, 0.2) is 0 Å². The molecule has 0 aromatic heterocycles. The topological polar surface area (TPSA) is 15.3 Å². The first-order chi connectivity index (χ1) is 8.63. The van der Waals surface area contributed by atoms with Gasteiger partial charge >= 0.3 is 0 Å². The fourth-order valence-corrected chi connectivity index (χ4v) is 4.61. The fourth-order valence-electron chi connectivity index (χ4n) is 3.69. The molecule has 0 aromatic carbocycles. The number of hydrogen-bond acceptors (Lipinski definition) is 3. The Kier molecular flexibility index (Phi) is 5.40. The summed E-state index contributed by atoms with van der Waals surface area (Å²) in [5, 5.41) is 3.76. The van der Waals surface area contributed by atoms with Crippen molar-refractivity contribution in [2.24, 2.45) is 11.3 Å². The summed E-state index contributed by atoms with van der Waals surface area (Å²) in [6, 6.07) is 0.721. The predicted molar refractivity (Wildman–Crippen MR) is 82.4 cm³/mol. The van der Waals surface area contributed by atoms with Crippen molar-refractivity contribution in [2.75, 3.05) is 37.7 Å². The second-order valence-electron chi connectivity index (χ2n) is 6.59. The first-order valence-electron chi connectivity index (χ1n) is 7.67. The van der Waals surface area contributed by atoms with Gasteiger partial charge in [0.1, 0.15) is 0 Å². The van der Waals surface area contributed by atoms with Crippen LogP contribution in [0.25, 0.3) is 0 Å². The first-order valence-corrected chi connectivity index (χ1v) is 8.82. The molecule has 18 heavy (non-hydrogen) atoms. The highest BCUT2D eigenvalue weighted by molar-refractivity contribution is 7.99. The van der Waals surface area contributed by atoms with Crippen molar-refractivity contribution in [1.29, 1.82) is 0 Å². The number of nitrogens with zero attached hydrogens (tertiary/aromatic N) is 1. The Morgan fingerprint density at radius 2 is 2.11 bits per heavy atom. The van der Waals surface area contributed by atoms with Crippen LogP contribution < -0.4 is 5.32 Å². The van der Waals surface area contributed by atoms with Gasteiger partial charge in [-0.3, -0.25) is 0 Å². The molecule has 2 unspecified atom stereocenters. The molecule has 2 fully saturated rings. The lowest BCUT2D eigenvalue weighted by Gasteiger charge is -2.34. The van der Waals surface area contributed by atoms with E-state index in [1.54, 1.807) is 0 Å². The van der Waals surface area contributed by atoms with Crippen LogP contribution in [0.1, 0.15) is 40.0 Å².